The quantitative estimate of drug-likeness (QED) is 0.687. The maximum Gasteiger partial charge on any atom is 0.339 e. The number of esters is 1. The lowest BCUT2D eigenvalue weighted by molar-refractivity contribution is -0.128. The number of carbonyl (C=O) groups excluding carboxylic acids is 2. The van der Waals surface area contributed by atoms with E-state index in [2.05, 4.69) is 5.32 Å². The molecule has 0 heterocycles. The van der Waals surface area contributed by atoms with E-state index in [1.807, 2.05) is 13.8 Å². The highest BCUT2D eigenvalue weighted by Gasteiger charge is 2.21. The number of ether oxygens (including phenoxy) is 3. The molecule has 1 N–H and O–H groups in total. The Morgan fingerprint density at radius 2 is 1.92 bits per heavy atom. The van der Waals surface area contributed by atoms with Gasteiger partial charge in [-0.05, 0) is 39.3 Å². The van der Waals surface area contributed by atoms with Gasteiger partial charge in [-0.15, -0.1) is 0 Å². The lowest BCUT2D eigenvalue weighted by atomic mass is 10.2. The summed E-state index contributed by atoms with van der Waals surface area (Å²) in [6, 6.07) is 2.95. The van der Waals surface area contributed by atoms with Crippen molar-refractivity contribution in [1.29, 1.82) is 0 Å². The van der Waals surface area contributed by atoms with Crippen molar-refractivity contribution in [1.82, 2.24) is 5.32 Å². The van der Waals surface area contributed by atoms with Crippen molar-refractivity contribution in [3.63, 3.8) is 0 Å². The van der Waals surface area contributed by atoms with Gasteiger partial charge in [0.25, 0.3) is 5.91 Å². The van der Waals surface area contributed by atoms with Crippen LogP contribution in [0.1, 0.15) is 44.5 Å². The fourth-order valence-corrected chi connectivity index (χ4v) is 2.16. The molecule has 7 heteroatoms. The van der Waals surface area contributed by atoms with Gasteiger partial charge in [0.2, 0.25) is 0 Å². The number of hydrogen-bond donors (Lipinski definition) is 1. The molecule has 1 atom stereocenters. The zero-order valence-electron chi connectivity index (χ0n) is 14.5. The van der Waals surface area contributed by atoms with Crippen LogP contribution >= 0.6 is 11.6 Å². The molecule has 0 aliphatic heterocycles. The molecule has 0 fully saturated rings. The summed E-state index contributed by atoms with van der Waals surface area (Å²) in [5.41, 5.74) is 0.198. The first-order chi connectivity index (χ1) is 11.4. The van der Waals surface area contributed by atoms with Crippen LogP contribution in [0.2, 0.25) is 5.02 Å². The third-order valence-corrected chi connectivity index (χ3v) is 3.28. The van der Waals surface area contributed by atoms with E-state index in [0.29, 0.717) is 31.3 Å². The van der Waals surface area contributed by atoms with Gasteiger partial charge in [0, 0.05) is 6.54 Å². The molecule has 0 aliphatic carbocycles. The van der Waals surface area contributed by atoms with Gasteiger partial charge in [0.1, 0.15) is 0 Å². The van der Waals surface area contributed by atoms with Gasteiger partial charge < -0.3 is 19.5 Å². The Hall–Kier alpha value is -1.95. The number of amides is 1. The van der Waals surface area contributed by atoms with Gasteiger partial charge in [-0.3, -0.25) is 4.79 Å². The van der Waals surface area contributed by atoms with Crippen molar-refractivity contribution < 1.29 is 23.8 Å². The van der Waals surface area contributed by atoms with Crippen molar-refractivity contribution in [2.24, 2.45) is 0 Å². The van der Waals surface area contributed by atoms with E-state index in [1.165, 1.54) is 19.1 Å². The van der Waals surface area contributed by atoms with Crippen molar-refractivity contribution in [2.75, 3.05) is 19.8 Å². The summed E-state index contributed by atoms with van der Waals surface area (Å²) in [4.78, 5) is 23.9. The lowest BCUT2D eigenvalue weighted by Gasteiger charge is -2.16. The second kappa shape index (κ2) is 10.0. The van der Waals surface area contributed by atoms with Crippen LogP contribution in [0.25, 0.3) is 0 Å². The fraction of sp³-hybridized carbons (Fsp3) is 0.529. The molecule has 0 spiro atoms. The number of rotatable bonds is 9. The number of hydrogen-bond acceptors (Lipinski definition) is 5. The topological polar surface area (TPSA) is 73.9 Å². The number of benzene rings is 1. The molecule has 0 unspecified atom stereocenters. The third kappa shape index (κ3) is 5.60. The Morgan fingerprint density at radius 1 is 1.21 bits per heavy atom. The zero-order valence-corrected chi connectivity index (χ0v) is 15.2. The first-order valence-electron chi connectivity index (χ1n) is 8.02. The third-order valence-electron chi connectivity index (χ3n) is 3.00. The predicted molar refractivity (Wildman–Crippen MR) is 92.0 cm³/mol. The fourth-order valence-electron chi connectivity index (χ4n) is 1.89. The largest absolute Gasteiger partial charge is 0.490 e. The van der Waals surface area contributed by atoms with E-state index < -0.39 is 12.1 Å². The number of nitrogens with one attached hydrogen (secondary N) is 1. The second-order valence-corrected chi connectivity index (χ2v) is 5.42. The summed E-state index contributed by atoms with van der Waals surface area (Å²) in [7, 11) is 0. The van der Waals surface area contributed by atoms with Crippen LogP contribution in [-0.2, 0) is 9.53 Å². The van der Waals surface area contributed by atoms with Crippen LogP contribution in [0.3, 0.4) is 0 Å². The van der Waals surface area contributed by atoms with Crippen LogP contribution in [0.15, 0.2) is 12.1 Å². The van der Waals surface area contributed by atoms with Gasteiger partial charge in [0.15, 0.2) is 17.6 Å². The Balaban J connectivity index is 2.98. The van der Waals surface area contributed by atoms with E-state index in [9.17, 15) is 9.59 Å². The first-order valence-corrected chi connectivity index (χ1v) is 8.40. The van der Waals surface area contributed by atoms with Crippen LogP contribution in [-0.4, -0.2) is 37.7 Å². The normalized spacial score (nSPS) is 11.5. The maximum atomic E-state index is 12.2. The zero-order chi connectivity index (χ0) is 18.1. The molecule has 0 saturated heterocycles. The van der Waals surface area contributed by atoms with Crippen molar-refractivity contribution in [2.45, 2.75) is 40.2 Å². The van der Waals surface area contributed by atoms with Gasteiger partial charge in [-0.25, -0.2) is 4.79 Å². The first kappa shape index (κ1) is 20.1. The molecule has 1 rings (SSSR count). The highest BCUT2D eigenvalue weighted by atomic mass is 35.5. The minimum Gasteiger partial charge on any atom is -0.490 e. The number of halogens is 1. The van der Waals surface area contributed by atoms with Gasteiger partial charge in [0.05, 0.1) is 23.8 Å². The molecule has 0 aliphatic rings. The summed E-state index contributed by atoms with van der Waals surface area (Å²) in [5.74, 6) is -0.242. The van der Waals surface area contributed by atoms with Crippen LogP contribution < -0.4 is 14.8 Å². The van der Waals surface area contributed by atoms with Crippen LogP contribution in [0.4, 0.5) is 0 Å². The summed E-state index contributed by atoms with van der Waals surface area (Å²) in [6.07, 6.45) is -0.0850. The van der Waals surface area contributed by atoms with Gasteiger partial charge >= 0.3 is 5.97 Å². The lowest BCUT2D eigenvalue weighted by Crippen LogP contribution is -2.35. The average Bonchev–Trinajstić information content (AvgIpc) is 2.54. The Bertz CT molecular complexity index is 576. The Kier molecular flexibility index (Phi) is 8.40. The molecule has 1 aromatic carbocycles. The summed E-state index contributed by atoms with van der Waals surface area (Å²) >= 11 is 6.21. The van der Waals surface area contributed by atoms with E-state index in [-0.39, 0.29) is 16.5 Å². The molecule has 1 aromatic rings. The van der Waals surface area contributed by atoms with E-state index in [4.69, 9.17) is 25.8 Å². The van der Waals surface area contributed by atoms with Crippen molar-refractivity contribution >= 4 is 23.5 Å². The Labute approximate surface area is 147 Å². The molecule has 0 aromatic heterocycles. The molecule has 0 saturated carbocycles. The Morgan fingerprint density at radius 3 is 2.50 bits per heavy atom. The number of carbonyl (C=O) groups is 2. The van der Waals surface area contributed by atoms with E-state index in [0.717, 1.165) is 6.42 Å². The predicted octanol–water partition coefficient (Wildman–Crippen LogP) is 3.21. The maximum absolute atomic E-state index is 12.2. The van der Waals surface area contributed by atoms with Crippen molar-refractivity contribution in [3.8, 4) is 11.5 Å². The highest BCUT2D eigenvalue weighted by molar-refractivity contribution is 6.32. The highest BCUT2D eigenvalue weighted by Crippen LogP contribution is 2.37. The molecule has 1 amide bonds. The molecule has 0 radical (unpaired) electrons. The molecule has 0 bridgehead atoms. The molecule has 6 nitrogen and oxygen atoms in total. The van der Waals surface area contributed by atoms with Crippen molar-refractivity contribution in [3.05, 3.63) is 22.7 Å². The molecule has 24 heavy (non-hydrogen) atoms. The monoisotopic (exact) mass is 357 g/mol. The SMILES string of the molecule is CCCOc1c(Cl)cc(C(=O)O[C@@H](C)C(=O)NCC)cc1OCC. The molecule has 134 valence electrons. The van der Waals surface area contributed by atoms with Crippen LogP contribution in [0.5, 0.6) is 11.5 Å². The van der Waals surface area contributed by atoms with E-state index in [1.54, 1.807) is 6.92 Å². The summed E-state index contributed by atoms with van der Waals surface area (Å²) < 4.78 is 16.2. The minimum atomic E-state index is -0.900. The summed E-state index contributed by atoms with van der Waals surface area (Å²) in [5, 5.41) is 2.85. The standard InChI is InChI=1S/C17H24ClNO5/c1-5-8-23-15-13(18)9-12(10-14(15)22-7-3)17(21)24-11(4)16(20)19-6-2/h9-11H,5-8H2,1-4H3,(H,19,20)/t11-/m0/s1. The second-order valence-electron chi connectivity index (χ2n) is 5.01. The number of likely N-dealkylation sites (N-methyl/N-ethyl adjacent to an activating group) is 1. The van der Waals surface area contributed by atoms with Gasteiger partial charge in [-0.1, -0.05) is 18.5 Å². The summed E-state index contributed by atoms with van der Waals surface area (Å²) in [6.45, 7) is 8.43. The van der Waals surface area contributed by atoms with Crippen LogP contribution in [0, 0.1) is 0 Å². The van der Waals surface area contributed by atoms with E-state index >= 15 is 0 Å². The average molecular weight is 358 g/mol. The molecular weight excluding hydrogens is 334 g/mol. The minimum absolute atomic E-state index is 0.198. The van der Waals surface area contributed by atoms with Gasteiger partial charge in [-0.2, -0.15) is 0 Å². The smallest absolute Gasteiger partial charge is 0.339 e. The molecular formula is C17H24ClNO5.